The molecule has 106 valence electrons. The van der Waals surface area contributed by atoms with Crippen LogP contribution in [0.4, 0.5) is 8.78 Å². The summed E-state index contributed by atoms with van der Waals surface area (Å²) in [5, 5.41) is 3.09. The SMILES string of the molecule is CNC(Cc1cc(F)cc(Br)c1)c1ccc(C)cc1F. The Morgan fingerprint density at radius 3 is 2.50 bits per heavy atom. The molecule has 2 aromatic carbocycles. The van der Waals surface area contributed by atoms with Crippen LogP contribution in [0.2, 0.25) is 0 Å². The Kier molecular flexibility index (Phi) is 4.89. The van der Waals surface area contributed by atoms with Gasteiger partial charge < -0.3 is 5.32 Å². The molecule has 0 saturated heterocycles. The van der Waals surface area contributed by atoms with Gasteiger partial charge in [-0.1, -0.05) is 28.1 Å². The molecule has 0 spiro atoms. The van der Waals surface area contributed by atoms with Gasteiger partial charge in [-0.05, 0) is 55.8 Å². The van der Waals surface area contributed by atoms with E-state index in [1.807, 2.05) is 19.1 Å². The van der Waals surface area contributed by atoms with Crippen molar-refractivity contribution in [1.29, 1.82) is 0 Å². The zero-order valence-corrected chi connectivity index (χ0v) is 13.0. The van der Waals surface area contributed by atoms with Crippen LogP contribution < -0.4 is 5.32 Å². The average Bonchev–Trinajstić information content (AvgIpc) is 2.35. The second-order valence-electron chi connectivity index (χ2n) is 4.85. The molecule has 0 radical (unpaired) electrons. The highest BCUT2D eigenvalue weighted by Gasteiger charge is 2.15. The molecule has 0 bridgehead atoms. The fraction of sp³-hybridized carbons (Fsp3) is 0.250. The van der Waals surface area contributed by atoms with Crippen LogP contribution in [0.1, 0.15) is 22.7 Å². The van der Waals surface area contributed by atoms with Crippen molar-refractivity contribution in [2.45, 2.75) is 19.4 Å². The molecule has 2 aromatic rings. The highest BCUT2D eigenvalue weighted by atomic mass is 79.9. The van der Waals surface area contributed by atoms with E-state index in [-0.39, 0.29) is 17.7 Å². The third-order valence-corrected chi connectivity index (χ3v) is 3.70. The molecule has 1 unspecified atom stereocenters. The Morgan fingerprint density at radius 2 is 1.90 bits per heavy atom. The first-order valence-electron chi connectivity index (χ1n) is 6.38. The van der Waals surface area contributed by atoms with Gasteiger partial charge in [-0.2, -0.15) is 0 Å². The zero-order chi connectivity index (χ0) is 14.7. The van der Waals surface area contributed by atoms with Gasteiger partial charge in [0.2, 0.25) is 0 Å². The molecule has 20 heavy (non-hydrogen) atoms. The highest BCUT2D eigenvalue weighted by Crippen LogP contribution is 2.24. The monoisotopic (exact) mass is 339 g/mol. The number of benzene rings is 2. The van der Waals surface area contributed by atoms with Crippen LogP contribution in [-0.2, 0) is 6.42 Å². The van der Waals surface area contributed by atoms with Crippen molar-refractivity contribution in [3.8, 4) is 0 Å². The third kappa shape index (κ3) is 3.64. The lowest BCUT2D eigenvalue weighted by atomic mass is 9.97. The minimum absolute atomic E-state index is 0.190. The van der Waals surface area contributed by atoms with Gasteiger partial charge in [0.25, 0.3) is 0 Å². The fourth-order valence-electron chi connectivity index (χ4n) is 2.25. The van der Waals surface area contributed by atoms with Gasteiger partial charge in [-0.15, -0.1) is 0 Å². The first-order chi connectivity index (χ1) is 9.49. The molecule has 4 heteroatoms. The van der Waals surface area contributed by atoms with E-state index in [1.54, 1.807) is 13.1 Å². The summed E-state index contributed by atoms with van der Waals surface area (Å²) in [4.78, 5) is 0. The number of rotatable bonds is 4. The normalized spacial score (nSPS) is 12.4. The molecule has 1 nitrogen and oxygen atoms in total. The number of likely N-dealkylation sites (N-methyl/N-ethyl adjacent to an activating group) is 1. The van der Waals surface area contributed by atoms with Crippen LogP contribution in [0, 0.1) is 18.6 Å². The van der Waals surface area contributed by atoms with Gasteiger partial charge in [0.15, 0.2) is 0 Å². The van der Waals surface area contributed by atoms with Gasteiger partial charge in [0.1, 0.15) is 11.6 Å². The fourth-order valence-corrected chi connectivity index (χ4v) is 2.76. The van der Waals surface area contributed by atoms with Gasteiger partial charge in [-0.25, -0.2) is 8.78 Å². The van der Waals surface area contributed by atoms with Crippen LogP contribution in [0.5, 0.6) is 0 Å². The summed E-state index contributed by atoms with van der Waals surface area (Å²) in [6.07, 6.45) is 0.521. The van der Waals surface area contributed by atoms with E-state index in [9.17, 15) is 8.78 Å². The summed E-state index contributed by atoms with van der Waals surface area (Å²) in [5.41, 5.74) is 2.30. The van der Waals surface area contributed by atoms with Gasteiger partial charge >= 0.3 is 0 Å². The number of hydrogen-bond donors (Lipinski definition) is 1. The van der Waals surface area contributed by atoms with Gasteiger partial charge in [-0.3, -0.25) is 0 Å². The van der Waals surface area contributed by atoms with E-state index in [1.165, 1.54) is 18.2 Å². The molecular formula is C16H16BrF2N. The van der Waals surface area contributed by atoms with Crippen LogP contribution in [0.3, 0.4) is 0 Å². The second kappa shape index (κ2) is 6.46. The highest BCUT2D eigenvalue weighted by molar-refractivity contribution is 9.10. The van der Waals surface area contributed by atoms with Crippen LogP contribution in [0.25, 0.3) is 0 Å². The molecular weight excluding hydrogens is 324 g/mol. The van der Waals surface area contributed by atoms with E-state index in [4.69, 9.17) is 0 Å². The van der Waals surface area contributed by atoms with Crippen molar-refractivity contribution in [2.24, 2.45) is 0 Å². The lowest BCUT2D eigenvalue weighted by molar-refractivity contribution is 0.531. The largest absolute Gasteiger partial charge is 0.313 e. The lowest BCUT2D eigenvalue weighted by Gasteiger charge is -2.18. The summed E-state index contributed by atoms with van der Waals surface area (Å²) in [7, 11) is 1.78. The minimum Gasteiger partial charge on any atom is -0.313 e. The van der Waals surface area contributed by atoms with Crippen molar-refractivity contribution < 1.29 is 8.78 Å². The van der Waals surface area contributed by atoms with Crippen molar-refractivity contribution >= 4 is 15.9 Å². The lowest BCUT2D eigenvalue weighted by Crippen LogP contribution is -2.20. The maximum atomic E-state index is 14.0. The quantitative estimate of drug-likeness (QED) is 0.862. The molecule has 0 heterocycles. The number of halogens is 3. The summed E-state index contributed by atoms with van der Waals surface area (Å²) in [6, 6.07) is 9.71. The Balaban J connectivity index is 2.28. The van der Waals surface area contributed by atoms with Crippen LogP contribution in [0.15, 0.2) is 40.9 Å². The van der Waals surface area contributed by atoms with Gasteiger partial charge in [0.05, 0.1) is 0 Å². The Bertz CT molecular complexity index is 593. The summed E-state index contributed by atoms with van der Waals surface area (Å²) in [5.74, 6) is -0.534. The molecule has 0 aliphatic rings. The Morgan fingerprint density at radius 1 is 1.15 bits per heavy atom. The molecule has 1 atom stereocenters. The minimum atomic E-state index is -0.298. The summed E-state index contributed by atoms with van der Waals surface area (Å²) in [6.45, 7) is 1.85. The van der Waals surface area contributed by atoms with E-state index < -0.39 is 0 Å². The molecule has 0 aliphatic heterocycles. The molecule has 2 rings (SSSR count). The molecule has 1 N–H and O–H groups in total. The molecule has 0 amide bonds. The van der Waals surface area contributed by atoms with Crippen LogP contribution in [-0.4, -0.2) is 7.05 Å². The third-order valence-electron chi connectivity index (χ3n) is 3.24. The number of hydrogen-bond acceptors (Lipinski definition) is 1. The first kappa shape index (κ1) is 15.1. The first-order valence-corrected chi connectivity index (χ1v) is 7.17. The predicted octanol–water partition coefficient (Wildman–Crippen LogP) is 4.54. The Labute approximate surface area is 126 Å². The van der Waals surface area contributed by atoms with Crippen molar-refractivity contribution in [2.75, 3.05) is 7.05 Å². The molecule has 0 aliphatic carbocycles. The number of aryl methyl sites for hydroxylation is 1. The zero-order valence-electron chi connectivity index (χ0n) is 11.4. The number of nitrogens with one attached hydrogen (secondary N) is 1. The van der Waals surface area contributed by atoms with Crippen molar-refractivity contribution in [3.05, 3.63) is 69.2 Å². The summed E-state index contributed by atoms with van der Waals surface area (Å²) >= 11 is 3.27. The molecule has 0 aromatic heterocycles. The smallest absolute Gasteiger partial charge is 0.128 e. The van der Waals surface area contributed by atoms with Crippen molar-refractivity contribution in [3.63, 3.8) is 0 Å². The second-order valence-corrected chi connectivity index (χ2v) is 5.76. The topological polar surface area (TPSA) is 12.0 Å². The predicted molar refractivity (Wildman–Crippen MR) is 80.7 cm³/mol. The average molecular weight is 340 g/mol. The van der Waals surface area contributed by atoms with Gasteiger partial charge in [0, 0.05) is 16.1 Å². The Hall–Kier alpha value is -1.26. The van der Waals surface area contributed by atoms with Crippen LogP contribution >= 0.6 is 15.9 Å². The van der Waals surface area contributed by atoms with E-state index in [2.05, 4.69) is 21.2 Å². The molecule has 0 saturated carbocycles. The maximum Gasteiger partial charge on any atom is 0.128 e. The standard InChI is InChI=1S/C16H16BrF2N/c1-10-3-4-14(15(19)5-10)16(20-2)8-11-6-12(17)9-13(18)7-11/h3-7,9,16,20H,8H2,1-2H3. The molecule has 0 fully saturated rings. The van der Waals surface area contributed by atoms with Crippen molar-refractivity contribution in [1.82, 2.24) is 5.32 Å². The summed E-state index contributed by atoms with van der Waals surface area (Å²) < 4.78 is 28.1. The maximum absolute atomic E-state index is 14.0. The van der Waals surface area contributed by atoms with E-state index >= 15 is 0 Å². The van der Waals surface area contributed by atoms with E-state index in [0.29, 0.717) is 16.5 Å². The van der Waals surface area contributed by atoms with E-state index in [0.717, 1.165) is 11.1 Å².